The minimum atomic E-state index is -0.528. The number of hydrogen-bond acceptors (Lipinski definition) is 5. The molecule has 2 aliphatic rings. The number of ketones is 1. The second-order valence-corrected chi connectivity index (χ2v) is 7.67. The van der Waals surface area contributed by atoms with E-state index < -0.39 is 11.8 Å². The number of nitrogens with one attached hydrogen (secondary N) is 2. The van der Waals surface area contributed by atoms with E-state index in [1.165, 1.54) is 12.5 Å². The first kappa shape index (κ1) is 20.4. The van der Waals surface area contributed by atoms with Gasteiger partial charge in [-0.25, -0.2) is 5.43 Å². The molecule has 0 spiro atoms. The minimum absolute atomic E-state index is 0.0333. The Morgan fingerprint density at radius 1 is 1.25 bits per heavy atom. The maximum atomic E-state index is 12.5. The van der Waals surface area contributed by atoms with E-state index in [9.17, 15) is 14.4 Å². The van der Waals surface area contributed by atoms with Gasteiger partial charge in [0.25, 0.3) is 11.8 Å². The van der Waals surface area contributed by atoms with Gasteiger partial charge in [-0.2, -0.15) is 5.10 Å². The summed E-state index contributed by atoms with van der Waals surface area (Å²) in [5.74, 6) is -1.30. The van der Waals surface area contributed by atoms with Crippen molar-refractivity contribution in [2.45, 2.75) is 30.7 Å². The molecule has 1 aromatic rings. The fraction of sp³-hybridized carbons (Fsp3) is 0.368. The zero-order chi connectivity index (χ0) is 20.1. The molecule has 2 N–H and O–H groups in total. The molecule has 7 nitrogen and oxygen atoms in total. The molecule has 3 atom stereocenters. The highest BCUT2D eigenvalue weighted by Gasteiger charge is 2.39. The number of alkyl halides is 1. The largest absolute Gasteiger partial charge is 0.496 e. The molecular formula is C19H19Cl2N3O4. The number of nitrogens with zero attached hydrogens (tertiary/aromatic N) is 1. The Hall–Kier alpha value is -2.38. The average molecular weight is 424 g/mol. The van der Waals surface area contributed by atoms with Crippen LogP contribution in [0.5, 0.6) is 0 Å². The van der Waals surface area contributed by atoms with Gasteiger partial charge in [-0.3, -0.25) is 14.4 Å². The lowest BCUT2D eigenvalue weighted by molar-refractivity contribution is -0.126. The minimum Gasteiger partial charge on any atom is -0.496 e. The summed E-state index contributed by atoms with van der Waals surface area (Å²) in [5.41, 5.74) is 2.93. The molecular weight excluding hydrogens is 405 g/mol. The van der Waals surface area contributed by atoms with Gasteiger partial charge in [-0.05, 0) is 43.5 Å². The van der Waals surface area contributed by atoms with Gasteiger partial charge in [-0.1, -0.05) is 11.6 Å². The number of Topliss-reactive ketones (excluding diaryl/α,β-unsaturated/α-hetero) is 1. The smallest absolute Gasteiger partial charge is 0.259 e. The highest BCUT2D eigenvalue weighted by molar-refractivity contribution is 6.30. The highest BCUT2D eigenvalue weighted by Crippen LogP contribution is 2.34. The fourth-order valence-corrected chi connectivity index (χ4v) is 3.58. The van der Waals surface area contributed by atoms with E-state index in [0.29, 0.717) is 17.0 Å². The number of benzene rings is 1. The van der Waals surface area contributed by atoms with E-state index in [-0.39, 0.29) is 35.3 Å². The topological polar surface area (TPSA) is 96.9 Å². The van der Waals surface area contributed by atoms with Crippen molar-refractivity contribution in [1.29, 1.82) is 0 Å². The molecule has 0 aromatic heterocycles. The monoisotopic (exact) mass is 423 g/mol. The Balaban J connectivity index is 1.47. The van der Waals surface area contributed by atoms with Crippen LogP contribution in [0.2, 0.25) is 5.02 Å². The van der Waals surface area contributed by atoms with Crippen LogP contribution in [-0.2, 0) is 14.3 Å². The number of hydrogen-bond donors (Lipinski definition) is 2. The van der Waals surface area contributed by atoms with E-state index in [1.54, 1.807) is 24.3 Å². The predicted molar refractivity (Wildman–Crippen MR) is 105 cm³/mol. The van der Waals surface area contributed by atoms with Crippen LogP contribution in [0.4, 0.5) is 0 Å². The first-order valence-corrected chi connectivity index (χ1v) is 9.65. The molecule has 0 radical (unpaired) electrons. The van der Waals surface area contributed by atoms with Crippen molar-refractivity contribution in [1.82, 2.24) is 10.7 Å². The van der Waals surface area contributed by atoms with Crippen molar-refractivity contribution in [2.75, 3.05) is 6.54 Å². The number of hydrazone groups is 1. The van der Waals surface area contributed by atoms with Crippen LogP contribution in [0.1, 0.15) is 29.6 Å². The normalized spacial score (nSPS) is 24.1. The third-order valence-electron chi connectivity index (χ3n) is 4.62. The van der Waals surface area contributed by atoms with Crippen molar-refractivity contribution in [3.63, 3.8) is 0 Å². The van der Waals surface area contributed by atoms with Gasteiger partial charge < -0.3 is 10.1 Å². The number of carbonyl (C=O) groups is 3. The third kappa shape index (κ3) is 5.11. The second kappa shape index (κ2) is 9.21. The molecule has 2 amide bonds. The number of amides is 2. The molecule has 0 saturated heterocycles. The SMILES string of the molecule is O=C(CNC(=O)c1ccc(Cl)cc1)N/N=C/C1=COC2CCC(Cl)CC2C1=O. The highest BCUT2D eigenvalue weighted by atomic mass is 35.5. The molecule has 1 saturated carbocycles. The number of allylic oxidation sites excluding steroid dienone is 1. The summed E-state index contributed by atoms with van der Waals surface area (Å²) in [6.45, 7) is -0.263. The van der Waals surface area contributed by atoms with Gasteiger partial charge in [0, 0.05) is 16.0 Å². The average Bonchev–Trinajstić information content (AvgIpc) is 2.69. The first-order chi connectivity index (χ1) is 13.4. The van der Waals surface area contributed by atoms with E-state index >= 15 is 0 Å². The van der Waals surface area contributed by atoms with Gasteiger partial charge in [0.2, 0.25) is 0 Å². The van der Waals surface area contributed by atoms with Gasteiger partial charge in [0.05, 0.1) is 30.5 Å². The number of halogens is 2. The van der Waals surface area contributed by atoms with Crippen molar-refractivity contribution in [3.8, 4) is 0 Å². The van der Waals surface area contributed by atoms with E-state index in [0.717, 1.165) is 12.8 Å². The summed E-state index contributed by atoms with van der Waals surface area (Å²) >= 11 is 11.9. The first-order valence-electron chi connectivity index (χ1n) is 8.83. The van der Waals surface area contributed by atoms with Gasteiger partial charge in [0.15, 0.2) is 5.78 Å². The molecule has 1 fully saturated rings. The molecule has 1 heterocycles. The van der Waals surface area contributed by atoms with Crippen LogP contribution in [0.15, 0.2) is 41.2 Å². The summed E-state index contributed by atoms with van der Waals surface area (Å²) in [5, 5.41) is 6.72. The quantitative estimate of drug-likeness (QED) is 0.431. The summed E-state index contributed by atoms with van der Waals surface area (Å²) in [6, 6.07) is 6.28. The Morgan fingerprint density at radius 3 is 2.75 bits per heavy atom. The second-order valence-electron chi connectivity index (χ2n) is 6.61. The van der Waals surface area contributed by atoms with Gasteiger partial charge >= 0.3 is 0 Å². The van der Waals surface area contributed by atoms with Crippen LogP contribution in [0, 0.1) is 5.92 Å². The number of rotatable bonds is 5. The maximum absolute atomic E-state index is 12.5. The van der Waals surface area contributed by atoms with Crippen LogP contribution in [0.25, 0.3) is 0 Å². The van der Waals surface area contributed by atoms with Crippen molar-refractivity contribution in [3.05, 3.63) is 46.7 Å². The zero-order valence-corrected chi connectivity index (χ0v) is 16.4. The molecule has 3 unspecified atom stereocenters. The van der Waals surface area contributed by atoms with Crippen LogP contribution in [-0.4, -0.2) is 41.8 Å². The molecule has 1 aromatic carbocycles. The molecule has 148 valence electrons. The molecule has 28 heavy (non-hydrogen) atoms. The number of carbonyl (C=O) groups excluding carboxylic acids is 3. The Bertz CT molecular complexity index is 823. The standard InChI is InChI=1S/C19H19Cl2N3O4/c20-13-3-1-11(2-4-13)19(27)22-9-17(25)24-23-8-12-10-28-16-6-5-14(21)7-15(16)18(12)26/h1-4,8,10,14-16H,5-7,9H2,(H,22,27)(H,24,25)/b23-8+. The predicted octanol–water partition coefficient (Wildman–Crippen LogP) is 2.43. The van der Waals surface area contributed by atoms with Gasteiger partial charge in [-0.15, -0.1) is 11.6 Å². The lowest BCUT2D eigenvalue weighted by atomic mass is 9.80. The summed E-state index contributed by atoms with van der Waals surface area (Å²) in [4.78, 5) is 36.2. The summed E-state index contributed by atoms with van der Waals surface area (Å²) in [6.07, 6.45) is 4.61. The lowest BCUT2D eigenvalue weighted by Gasteiger charge is -2.35. The van der Waals surface area contributed by atoms with Crippen molar-refractivity contribution >= 4 is 47.0 Å². The van der Waals surface area contributed by atoms with Crippen LogP contribution >= 0.6 is 23.2 Å². The summed E-state index contributed by atoms with van der Waals surface area (Å²) in [7, 11) is 0. The lowest BCUT2D eigenvalue weighted by Crippen LogP contribution is -2.40. The van der Waals surface area contributed by atoms with Crippen LogP contribution in [0.3, 0.4) is 0 Å². The van der Waals surface area contributed by atoms with E-state index in [4.69, 9.17) is 27.9 Å². The van der Waals surface area contributed by atoms with Gasteiger partial charge in [0.1, 0.15) is 6.10 Å². The summed E-state index contributed by atoms with van der Waals surface area (Å²) < 4.78 is 5.60. The van der Waals surface area contributed by atoms with Crippen molar-refractivity contribution in [2.24, 2.45) is 11.0 Å². The number of ether oxygens (including phenoxy) is 1. The Morgan fingerprint density at radius 2 is 2.00 bits per heavy atom. The van der Waals surface area contributed by atoms with Crippen LogP contribution < -0.4 is 10.7 Å². The Kier molecular flexibility index (Phi) is 6.70. The fourth-order valence-electron chi connectivity index (χ4n) is 3.13. The maximum Gasteiger partial charge on any atom is 0.259 e. The van der Waals surface area contributed by atoms with E-state index in [1.807, 2.05) is 0 Å². The van der Waals surface area contributed by atoms with E-state index in [2.05, 4.69) is 15.8 Å². The van der Waals surface area contributed by atoms with Crippen molar-refractivity contribution < 1.29 is 19.1 Å². The number of fused-ring (bicyclic) bond motifs is 1. The molecule has 0 bridgehead atoms. The Labute approximate surface area is 172 Å². The zero-order valence-electron chi connectivity index (χ0n) is 14.9. The molecule has 3 rings (SSSR count). The molecule has 1 aliphatic carbocycles. The molecule has 1 aliphatic heterocycles. The molecule has 9 heteroatoms. The third-order valence-corrected chi connectivity index (χ3v) is 5.27.